The number of ether oxygens (including phenoxy) is 1. The van der Waals surface area contributed by atoms with E-state index in [2.05, 4.69) is 42.3 Å². The molecule has 1 aromatic rings. The molecule has 0 aromatic heterocycles. The molecular formula is C20H32N2O2. The third-order valence-electron chi connectivity index (χ3n) is 5.41. The monoisotopic (exact) mass is 332 g/mol. The fraction of sp³-hybridized carbons (Fsp3) is 0.700. The van der Waals surface area contributed by atoms with Gasteiger partial charge in [-0.2, -0.15) is 0 Å². The highest BCUT2D eigenvalue weighted by Gasteiger charge is 2.34. The number of para-hydroxylation sites is 1. The third-order valence-corrected chi connectivity index (χ3v) is 5.41. The minimum atomic E-state index is -0.457. The molecule has 4 nitrogen and oxygen atoms in total. The predicted octanol–water partition coefficient (Wildman–Crippen LogP) is 3.11. The molecule has 1 saturated carbocycles. The summed E-state index contributed by atoms with van der Waals surface area (Å²) in [6.07, 6.45) is 4.22. The van der Waals surface area contributed by atoms with Crippen molar-refractivity contribution in [3.63, 3.8) is 0 Å². The zero-order valence-electron chi connectivity index (χ0n) is 15.3. The van der Waals surface area contributed by atoms with Crippen LogP contribution < -0.4 is 10.1 Å². The van der Waals surface area contributed by atoms with Gasteiger partial charge in [-0.05, 0) is 52.5 Å². The number of nitrogens with one attached hydrogen (secondary N) is 1. The van der Waals surface area contributed by atoms with Gasteiger partial charge in [0.2, 0.25) is 0 Å². The lowest BCUT2D eigenvalue weighted by Gasteiger charge is -2.43. The molecule has 0 unspecified atom stereocenters. The van der Waals surface area contributed by atoms with Crippen LogP contribution in [-0.2, 0) is 0 Å². The van der Waals surface area contributed by atoms with Crippen molar-refractivity contribution < 1.29 is 9.84 Å². The van der Waals surface area contributed by atoms with Gasteiger partial charge < -0.3 is 15.2 Å². The quantitative estimate of drug-likeness (QED) is 0.889. The van der Waals surface area contributed by atoms with Crippen LogP contribution in [0.5, 0.6) is 5.75 Å². The Labute approximate surface area is 146 Å². The van der Waals surface area contributed by atoms with E-state index in [-0.39, 0.29) is 6.10 Å². The van der Waals surface area contributed by atoms with Crippen LogP contribution in [0.3, 0.4) is 0 Å². The molecule has 0 bridgehead atoms. The summed E-state index contributed by atoms with van der Waals surface area (Å²) in [5, 5.41) is 13.9. The van der Waals surface area contributed by atoms with E-state index >= 15 is 0 Å². The van der Waals surface area contributed by atoms with Crippen LogP contribution in [0.15, 0.2) is 24.3 Å². The van der Waals surface area contributed by atoms with Crippen molar-refractivity contribution in [2.75, 3.05) is 19.6 Å². The van der Waals surface area contributed by atoms with E-state index in [0.717, 1.165) is 51.1 Å². The summed E-state index contributed by atoms with van der Waals surface area (Å²) >= 11 is 0. The van der Waals surface area contributed by atoms with E-state index < -0.39 is 5.60 Å². The molecule has 0 radical (unpaired) electrons. The molecule has 3 rings (SSSR count). The van der Waals surface area contributed by atoms with Gasteiger partial charge in [-0.25, -0.2) is 0 Å². The van der Waals surface area contributed by atoms with Gasteiger partial charge in [0.15, 0.2) is 0 Å². The van der Waals surface area contributed by atoms with E-state index in [4.69, 9.17) is 4.74 Å². The molecule has 0 spiro atoms. The Kier molecular flexibility index (Phi) is 5.48. The summed E-state index contributed by atoms with van der Waals surface area (Å²) in [4.78, 5) is 2.61. The van der Waals surface area contributed by atoms with Crippen molar-refractivity contribution >= 4 is 0 Å². The second-order valence-electron chi connectivity index (χ2n) is 7.93. The fourth-order valence-electron chi connectivity index (χ4n) is 4.03. The number of rotatable bonds is 4. The Bertz CT molecular complexity index is 534. The lowest BCUT2D eigenvalue weighted by molar-refractivity contribution is -0.00999. The van der Waals surface area contributed by atoms with Gasteiger partial charge in [0, 0.05) is 37.3 Å². The molecule has 1 heterocycles. The van der Waals surface area contributed by atoms with Crippen molar-refractivity contribution in [1.29, 1.82) is 0 Å². The molecule has 1 saturated heterocycles. The van der Waals surface area contributed by atoms with Crippen molar-refractivity contribution in [2.45, 2.75) is 70.2 Å². The molecule has 1 aliphatic carbocycles. The molecule has 2 aliphatic rings. The van der Waals surface area contributed by atoms with Gasteiger partial charge in [-0.3, -0.25) is 4.90 Å². The Balaban J connectivity index is 1.68. The SMILES string of the molecule is CC(C)Oc1ccccc1[C@H]1CN([C@H]2CC[C@@](C)(O)CC2)CCN1. The first-order valence-corrected chi connectivity index (χ1v) is 9.40. The topological polar surface area (TPSA) is 44.7 Å². The third kappa shape index (κ3) is 4.29. The van der Waals surface area contributed by atoms with Crippen molar-refractivity contribution in [2.24, 2.45) is 0 Å². The van der Waals surface area contributed by atoms with Gasteiger partial charge in [0.1, 0.15) is 5.75 Å². The summed E-state index contributed by atoms with van der Waals surface area (Å²) in [7, 11) is 0. The zero-order valence-corrected chi connectivity index (χ0v) is 15.3. The van der Waals surface area contributed by atoms with Crippen molar-refractivity contribution in [1.82, 2.24) is 10.2 Å². The number of aliphatic hydroxyl groups is 1. The number of hydrogen-bond donors (Lipinski definition) is 2. The fourth-order valence-corrected chi connectivity index (χ4v) is 4.03. The highest BCUT2D eigenvalue weighted by Crippen LogP contribution is 2.33. The maximum absolute atomic E-state index is 10.2. The average Bonchev–Trinajstić information content (AvgIpc) is 2.55. The zero-order chi connectivity index (χ0) is 17.2. The Morgan fingerprint density at radius 2 is 1.96 bits per heavy atom. The van der Waals surface area contributed by atoms with Gasteiger partial charge in [0.05, 0.1) is 11.7 Å². The lowest BCUT2D eigenvalue weighted by atomic mass is 9.82. The normalized spacial score (nSPS) is 32.0. The highest BCUT2D eigenvalue weighted by atomic mass is 16.5. The first-order chi connectivity index (χ1) is 11.4. The van der Waals surface area contributed by atoms with E-state index in [1.807, 2.05) is 13.0 Å². The molecule has 0 amide bonds. The molecule has 2 fully saturated rings. The van der Waals surface area contributed by atoms with Gasteiger partial charge in [-0.1, -0.05) is 18.2 Å². The lowest BCUT2D eigenvalue weighted by Crippen LogP contribution is -2.52. The average molecular weight is 332 g/mol. The summed E-state index contributed by atoms with van der Waals surface area (Å²) < 4.78 is 6.01. The maximum atomic E-state index is 10.2. The summed E-state index contributed by atoms with van der Waals surface area (Å²) in [5.74, 6) is 0.999. The van der Waals surface area contributed by atoms with E-state index in [1.165, 1.54) is 5.56 Å². The van der Waals surface area contributed by atoms with Gasteiger partial charge in [0.25, 0.3) is 0 Å². The molecule has 1 aliphatic heterocycles. The second kappa shape index (κ2) is 7.42. The summed E-state index contributed by atoms with van der Waals surface area (Å²) in [5.41, 5.74) is 0.806. The highest BCUT2D eigenvalue weighted by molar-refractivity contribution is 5.36. The molecule has 1 atom stereocenters. The second-order valence-corrected chi connectivity index (χ2v) is 7.93. The minimum Gasteiger partial charge on any atom is -0.491 e. The number of benzene rings is 1. The summed E-state index contributed by atoms with van der Waals surface area (Å²) in [6, 6.07) is 9.33. The molecule has 4 heteroatoms. The van der Waals surface area contributed by atoms with Gasteiger partial charge in [-0.15, -0.1) is 0 Å². The van der Waals surface area contributed by atoms with Crippen LogP contribution in [0.4, 0.5) is 0 Å². The largest absolute Gasteiger partial charge is 0.491 e. The maximum Gasteiger partial charge on any atom is 0.124 e. The van der Waals surface area contributed by atoms with Crippen LogP contribution in [0, 0.1) is 0 Å². The van der Waals surface area contributed by atoms with E-state index in [1.54, 1.807) is 0 Å². The first kappa shape index (κ1) is 17.7. The van der Waals surface area contributed by atoms with Crippen LogP contribution in [0.1, 0.15) is 58.1 Å². The molecular weight excluding hydrogens is 300 g/mol. The molecule has 2 N–H and O–H groups in total. The standard InChI is InChI=1S/C20H32N2O2/c1-15(2)24-19-7-5-4-6-17(19)18-14-22(13-12-21-18)16-8-10-20(3,23)11-9-16/h4-7,15-16,18,21,23H,8-14H2,1-3H3/t16-,18-,20+/m1/s1. The Hall–Kier alpha value is -1.10. The van der Waals surface area contributed by atoms with Crippen LogP contribution in [0.2, 0.25) is 0 Å². The Morgan fingerprint density at radius 1 is 1.25 bits per heavy atom. The number of piperazine rings is 1. The van der Waals surface area contributed by atoms with E-state index in [0.29, 0.717) is 12.1 Å². The predicted molar refractivity (Wildman–Crippen MR) is 97.4 cm³/mol. The minimum absolute atomic E-state index is 0.186. The van der Waals surface area contributed by atoms with Crippen LogP contribution in [-0.4, -0.2) is 47.4 Å². The van der Waals surface area contributed by atoms with Crippen LogP contribution >= 0.6 is 0 Å². The number of hydrogen-bond acceptors (Lipinski definition) is 4. The van der Waals surface area contributed by atoms with Crippen molar-refractivity contribution in [3.8, 4) is 5.75 Å². The molecule has 24 heavy (non-hydrogen) atoms. The first-order valence-electron chi connectivity index (χ1n) is 9.40. The molecule has 134 valence electrons. The van der Waals surface area contributed by atoms with Crippen molar-refractivity contribution in [3.05, 3.63) is 29.8 Å². The summed E-state index contributed by atoms with van der Waals surface area (Å²) in [6.45, 7) is 9.25. The number of nitrogens with zero attached hydrogens (tertiary/aromatic N) is 1. The Morgan fingerprint density at radius 3 is 2.67 bits per heavy atom. The van der Waals surface area contributed by atoms with E-state index in [9.17, 15) is 5.11 Å². The van der Waals surface area contributed by atoms with Crippen LogP contribution in [0.25, 0.3) is 0 Å². The van der Waals surface area contributed by atoms with Gasteiger partial charge >= 0.3 is 0 Å². The smallest absolute Gasteiger partial charge is 0.124 e. The molecule has 1 aromatic carbocycles.